The lowest BCUT2D eigenvalue weighted by molar-refractivity contribution is -0.130. The first kappa shape index (κ1) is 15.1. The molecule has 1 saturated heterocycles. The summed E-state index contributed by atoms with van der Waals surface area (Å²) in [5.74, 6) is 1.19. The fraction of sp³-hybridized carbons (Fsp3) is 0.500. The second-order valence-electron chi connectivity index (χ2n) is 4.28. The molecule has 0 spiro atoms. The summed E-state index contributed by atoms with van der Waals surface area (Å²) < 4.78 is 0. The Morgan fingerprint density at radius 3 is 3.00 bits per heavy atom. The summed E-state index contributed by atoms with van der Waals surface area (Å²) in [4.78, 5) is 18.1. The van der Waals surface area contributed by atoms with Crippen LogP contribution in [-0.2, 0) is 11.2 Å². The Morgan fingerprint density at radius 1 is 1.61 bits per heavy atom. The molecular formula is C12H18ClN3OS. The molecule has 6 heteroatoms. The van der Waals surface area contributed by atoms with Crippen LogP contribution in [0, 0.1) is 0 Å². The van der Waals surface area contributed by atoms with E-state index in [-0.39, 0.29) is 18.3 Å². The Labute approximate surface area is 118 Å². The molecule has 0 bridgehead atoms. The van der Waals surface area contributed by atoms with Crippen LogP contribution in [0.15, 0.2) is 18.3 Å². The van der Waals surface area contributed by atoms with Gasteiger partial charge in [-0.05, 0) is 12.1 Å². The summed E-state index contributed by atoms with van der Waals surface area (Å²) in [6, 6.07) is 3.60. The molecule has 1 unspecified atom stereocenters. The van der Waals surface area contributed by atoms with E-state index in [1.165, 1.54) is 0 Å². The Balaban J connectivity index is 0.00000162. The molecule has 1 fully saturated rings. The van der Waals surface area contributed by atoms with Gasteiger partial charge in [0.25, 0.3) is 0 Å². The predicted molar refractivity (Wildman–Crippen MR) is 78.1 cm³/mol. The van der Waals surface area contributed by atoms with E-state index < -0.39 is 0 Å². The molecule has 0 saturated carbocycles. The number of aromatic nitrogens is 1. The van der Waals surface area contributed by atoms with Gasteiger partial charge in [-0.1, -0.05) is 6.92 Å². The normalized spacial score (nSPS) is 19.2. The third-order valence-electron chi connectivity index (χ3n) is 2.77. The van der Waals surface area contributed by atoms with Crippen LogP contribution in [0.3, 0.4) is 0 Å². The van der Waals surface area contributed by atoms with Crippen molar-refractivity contribution < 1.29 is 4.79 Å². The van der Waals surface area contributed by atoms with Crippen molar-refractivity contribution in [1.29, 1.82) is 0 Å². The number of carbonyl (C=O) groups is 1. The minimum atomic E-state index is 0. The molecule has 1 atom stereocenters. The highest BCUT2D eigenvalue weighted by Crippen LogP contribution is 2.18. The Hall–Kier alpha value is -0.940. The van der Waals surface area contributed by atoms with Gasteiger partial charge in [0, 0.05) is 29.8 Å². The molecule has 2 N–H and O–H groups in total. The zero-order chi connectivity index (χ0) is 12.3. The molecule has 0 radical (unpaired) electrons. The lowest BCUT2D eigenvalue weighted by Gasteiger charge is -2.30. The number of nitrogen functional groups attached to an aromatic ring is 1. The van der Waals surface area contributed by atoms with Crippen LogP contribution in [0.1, 0.15) is 12.6 Å². The number of hydrogen-bond donors (Lipinski definition) is 1. The topological polar surface area (TPSA) is 59.2 Å². The molecule has 1 aromatic heterocycles. The number of carbonyl (C=O) groups excluding carboxylic acids is 1. The second kappa shape index (κ2) is 6.85. The van der Waals surface area contributed by atoms with Gasteiger partial charge < -0.3 is 10.6 Å². The van der Waals surface area contributed by atoms with Gasteiger partial charge in [-0.15, -0.1) is 12.4 Å². The van der Waals surface area contributed by atoms with Gasteiger partial charge in [-0.2, -0.15) is 11.8 Å². The molecule has 1 amide bonds. The number of halogens is 1. The molecule has 1 aliphatic rings. The molecule has 4 nitrogen and oxygen atoms in total. The minimum absolute atomic E-state index is 0. The Morgan fingerprint density at radius 2 is 2.39 bits per heavy atom. The molecule has 1 aromatic rings. The molecule has 2 rings (SSSR count). The standard InChI is InChI=1S/C12H17N3OS.ClH/c1-9-8-15(4-5-17-9)12(16)6-11-3-2-10(13)7-14-11;/h2-3,7,9H,4-6,8,13H2,1H3;1H. The smallest absolute Gasteiger partial charge is 0.228 e. The third kappa shape index (κ3) is 4.07. The average Bonchev–Trinajstić information content (AvgIpc) is 2.32. The predicted octanol–water partition coefficient (Wildman–Crippen LogP) is 1.59. The van der Waals surface area contributed by atoms with Gasteiger partial charge in [-0.3, -0.25) is 9.78 Å². The maximum atomic E-state index is 12.0. The summed E-state index contributed by atoms with van der Waals surface area (Å²) in [5, 5.41) is 0.534. The van der Waals surface area contributed by atoms with Crippen molar-refractivity contribution in [2.24, 2.45) is 0 Å². The van der Waals surface area contributed by atoms with Crippen LogP contribution < -0.4 is 5.73 Å². The zero-order valence-electron chi connectivity index (χ0n) is 10.3. The van der Waals surface area contributed by atoms with Crippen LogP contribution >= 0.6 is 24.2 Å². The zero-order valence-corrected chi connectivity index (χ0v) is 12.0. The quantitative estimate of drug-likeness (QED) is 0.897. The van der Waals surface area contributed by atoms with Crippen molar-refractivity contribution in [2.75, 3.05) is 24.6 Å². The Bertz CT molecular complexity index is 399. The van der Waals surface area contributed by atoms with Crippen LogP contribution in [0.25, 0.3) is 0 Å². The first-order valence-electron chi connectivity index (χ1n) is 5.75. The largest absolute Gasteiger partial charge is 0.397 e. The molecule has 1 aliphatic heterocycles. The van der Waals surface area contributed by atoms with E-state index in [0.29, 0.717) is 17.4 Å². The van der Waals surface area contributed by atoms with Gasteiger partial charge in [0.05, 0.1) is 18.3 Å². The van der Waals surface area contributed by atoms with Crippen molar-refractivity contribution in [3.8, 4) is 0 Å². The molecule has 18 heavy (non-hydrogen) atoms. The van der Waals surface area contributed by atoms with E-state index >= 15 is 0 Å². The lowest BCUT2D eigenvalue weighted by Crippen LogP contribution is -2.41. The van der Waals surface area contributed by atoms with Crippen molar-refractivity contribution >= 4 is 35.8 Å². The molecule has 0 aromatic carbocycles. The van der Waals surface area contributed by atoms with E-state index in [4.69, 9.17) is 5.73 Å². The highest BCUT2D eigenvalue weighted by atomic mass is 35.5. The monoisotopic (exact) mass is 287 g/mol. The van der Waals surface area contributed by atoms with Crippen molar-refractivity contribution in [3.63, 3.8) is 0 Å². The summed E-state index contributed by atoms with van der Waals surface area (Å²) >= 11 is 1.92. The molecular weight excluding hydrogens is 270 g/mol. The fourth-order valence-electron chi connectivity index (χ4n) is 1.85. The molecule has 100 valence electrons. The van der Waals surface area contributed by atoms with Crippen LogP contribution in [0.4, 0.5) is 5.69 Å². The number of thioether (sulfide) groups is 1. The molecule has 2 heterocycles. The van der Waals surface area contributed by atoms with Gasteiger partial charge in [0.15, 0.2) is 0 Å². The van der Waals surface area contributed by atoms with E-state index in [0.717, 1.165) is 24.5 Å². The fourth-order valence-corrected chi connectivity index (χ4v) is 2.87. The third-order valence-corrected chi connectivity index (χ3v) is 3.91. The highest BCUT2D eigenvalue weighted by Gasteiger charge is 2.21. The summed E-state index contributed by atoms with van der Waals surface area (Å²) in [7, 11) is 0. The van der Waals surface area contributed by atoms with E-state index in [1.807, 2.05) is 22.7 Å². The second-order valence-corrected chi connectivity index (χ2v) is 5.83. The van der Waals surface area contributed by atoms with E-state index in [9.17, 15) is 4.79 Å². The maximum Gasteiger partial charge on any atom is 0.228 e. The van der Waals surface area contributed by atoms with Gasteiger partial charge >= 0.3 is 0 Å². The summed E-state index contributed by atoms with van der Waals surface area (Å²) in [6.45, 7) is 3.85. The van der Waals surface area contributed by atoms with Gasteiger partial charge in [0.2, 0.25) is 5.91 Å². The number of amides is 1. The first-order valence-corrected chi connectivity index (χ1v) is 6.80. The van der Waals surface area contributed by atoms with Crippen molar-refractivity contribution in [3.05, 3.63) is 24.0 Å². The highest BCUT2D eigenvalue weighted by molar-refractivity contribution is 7.99. The summed E-state index contributed by atoms with van der Waals surface area (Å²) in [6.07, 6.45) is 1.97. The van der Waals surface area contributed by atoms with Crippen molar-refractivity contribution in [1.82, 2.24) is 9.88 Å². The average molecular weight is 288 g/mol. The lowest BCUT2D eigenvalue weighted by atomic mass is 10.2. The summed E-state index contributed by atoms with van der Waals surface area (Å²) in [5.41, 5.74) is 6.97. The van der Waals surface area contributed by atoms with E-state index in [1.54, 1.807) is 12.3 Å². The SMILES string of the molecule is CC1CN(C(=O)Cc2ccc(N)cn2)CCS1.Cl. The molecule has 0 aliphatic carbocycles. The first-order chi connectivity index (χ1) is 8.15. The van der Waals surface area contributed by atoms with Gasteiger partial charge in [-0.25, -0.2) is 0 Å². The van der Waals surface area contributed by atoms with Crippen LogP contribution in [0.2, 0.25) is 0 Å². The number of anilines is 1. The number of nitrogens with two attached hydrogens (primary N) is 1. The van der Waals surface area contributed by atoms with Crippen LogP contribution in [0.5, 0.6) is 0 Å². The van der Waals surface area contributed by atoms with Crippen molar-refractivity contribution in [2.45, 2.75) is 18.6 Å². The number of rotatable bonds is 2. The Kier molecular flexibility index (Phi) is 5.75. The van der Waals surface area contributed by atoms with E-state index in [2.05, 4.69) is 11.9 Å². The number of hydrogen-bond acceptors (Lipinski definition) is 4. The maximum absolute atomic E-state index is 12.0. The number of nitrogens with zero attached hydrogens (tertiary/aromatic N) is 2. The minimum Gasteiger partial charge on any atom is -0.397 e. The van der Waals surface area contributed by atoms with Gasteiger partial charge in [0.1, 0.15) is 0 Å². The van der Waals surface area contributed by atoms with Crippen LogP contribution in [-0.4, -0.2) is 39.9 Å². The number of pyridine rings is 1.